The molecule has 2 aliphatic heterocycles. The molecule has 11 heteroatoms. The SMILES string of the molecule is COc1ccc(COC[C@H]2O[C@H](OC)[C@@H](O[C@@H]3O[C@H](COC(=O)c4ccccc4)[C@@H](OCc4ccccc4)[C@@H]3OCc3ccccc3)[C@@H]2OCc2ccccc2)cc1. The van der Waals surface area contributed by atoms with Crippen molar-refractivity contribution in [2.75, 3.05) is 27.4 Å². The second-order valence-electron chi connectivity index (χ2n) is 14.0. The zero-order valence-electron chi connectivity index (χ0n) is 32.7. The normalized spacial score (nSPS) is 24.1. The molecule has 0 aliphatic carbocycles. The minimum atomic E-state index is -1.00. The van der Waals surface area contributed by atoms with Gasteiger partial charge in [-0.3, -0.25) is 0 Å². The van der Waals surface area contributed by atoms with Gasteiger partial charge in [0, 0.05) is 7.11 Å². The Hall–Kier alpha value is -4.95. The van der Waals surface area contributed by atoms with Crippen molar-refractivity contribution in [3.63, 3.8) is 0 Å². The Bertz CT molecular complexity index is 1930. The summed E-state index contributed by atoms with van der Waals surface area (Å²) >= 11 is 0. The molecular formula is C47H50O11. The number of ether oxygens (including phenoxy) is 10. The van der Waals surface area contributed by atoms with E-state index in [4.69, 9.17) is 47.4 Å². The predicted molar refractivity (Wildman–Crippen MR) is 214 cm³/mol. The van der Waals surface area contributed by atoms with Crippen molar-refractivity contribution in [3.8, 4) is 5.75 Å². The van der Waals surface area contributed by atoms with Crippen LogP contribution in [-0.4, -0.2) is 82.6 Å². The second kappa shape index (κ2) is 21.2. The van der Waals surface area contributed by atoms with Crippen LogP contribution in [-0.2, 0) is 69.1 Å². The molecule has 304 valence electrons. The Morgan fingerprint density at radius 1 is 0.500 bits per heavy atom. The molecule has 11 nitrogen and oxygen atoms in total. The van der Waals surface area contributed by atoms with E-state index in [1.807, 2.05) is 121 Å². The third-order valence-corrected chi connectivity index (χ3v) is 10.0. The van der Waals surface area contributed by atoms with Gasteiger partial charge in [-0.15, -0.1) is 0 Å². The van der Waals surface area contributed by atoms with Crippen LogP contribution in [0.2, 0.25) is 0 Å². The molecule has 0 N–H and O–H groups in total. The minimum Gasteiger partial charge on any atom is -0.497 e. The van der Waals surface area contributed by atoms with Crippen LogP contribution in [0.5, 0.6) is 5.75 Å². The zero-order valence-corrected chi connectivity index (χ0v) is 32.7. The maximum absolute atomic E-state index is 13.1. The van der Waals surface area contributed by atoms with Crippen LogP contribution in [0.15, 0.2) is 146 Å². The fraction of sp³-hybridized carbons (Fsp3) is 0.340. The molecule has 5 aromatic carbocycles. The highest BCUT2D eigenvalue weighted by molar-refractivity contribution is 5.89. The van der Waals surface area contributed by atoms with Crippen LogP contribution >= 0.6 is 0 Å². The van der Waals surface area contributed by atoms with Gasteiger partial charge in [0.15, 0.2) is 12.6 Å². The third kappa shape index (κ3) is 11.2. The topological polar surface area (TPSA) is 109 Å². The maximum Gasteiger partial charge on any atom is 0.338 e. The molecule has 2 aliphatic rings. The van der Waals surface area contributed by atoms with E-state index >= 15 is 0 Å². The number of methoxy groups -OCH3 is 2. The maximum atomic E-state index is 13.1. The molecular weight excluding hydrogens is 741 g/mol. The number of carbonyl (C=O) groups excluding carboxylic acids is 1. The van der Waals surface area contributed by atoms with Crippen LogP contribution in [0.4, 0.5) is 0 Å². The molecule has 0 amide bonds. The van der Waals surface area contributed by atoms with E-state index in [1.54, 1.807) is 38.5 Å². The first kappa shape index (κ1) is 41.2. The van der Waals surface area contributed by atoms with E-state index in [2.05, 4.69) is 0 Å². The fourth-order valence-electron chi connectivity index (χ4n) is 6.96. The number of carbonyl (C=O) groups is 1. The van der Waals surface area contributed by atoms with Crippen LogP contribution < -0.4 is 4.74 Å². The second-order valence-corrected chi connectivity index (χ2v) is 14.0. The number of rotatable bonds is 20. The zero-order chi connectivity index (χ0) is 39.9. The van der Waals surface area contributed by atoms with Gasteiger partial charge in [0.05, 0.1) is 45.7 Å². The van der Waals surface area contributed by atoms with Crippen molar-refractivity contribution in [3.05, 3.63) is 173 Å². The van der Waals surface area contributed by atoms with Crippen LogP contribution in [0, 0.1) is 0 Å². The molecule has 8 atom stereocenters. The van der Waals surface area contributed by atoms with Gasteiger partial charge >= 0.3 is 5.97 Å². The minimum absolute atomic E-state index is 0.108. The van der Waals surface area contributed by atoms with E-state index in [0.717, 1.165) is 28.0 Å². The van der Waals surface area contributed by atoms with Gasteiger partial charge in [0.25, 0.3) is 0 Å². The lowest BCUT2D eigenvalue weighted by atomic mass is 10.1. The highest BCUT2D eigenvalue weighted by Crippen LogP contribution is 2.36. The molecule has 0 bridgehead atoms. The lowest BCUT2D eigenvalue weighted by Gasteiger charge is -2.30. The molecule has 7 rings (SSSR count). The van der Waals surface area contributed by atoms with Gasteiger partial charge in [-0.05, 0) is 46.5 Å². The van der Waals surface area contributed by atoms with Gasteiger partial charge in [0.2, 0.25) is 0 Å². The molecule has 5 aromatic rings. The molecule has 0 spiro atoms. The average Bonchev–Trinajstić information content (AvgIpc) is 3.79. The van der Waals surface area contributed by atoms with E-state index in [-0.39, 0.29) is 26.4 Å². The molecule has 58 heavy (non-hydrogen) atoms. The van der Waals surface area contributed by atoms with Crippen molar-refractivity contribution in [2.24, 2.45) is 0 Å². The van der Waals surface area contributed by atoms with Crippen LogP contribution in [0.1, 0.15) is 32.6 Å². The molecule has 0 saturated carbocycles. The Kier molecular flexibility index (Phi) is 15.0. The Balaban J connectivity index is 1.14. The number of hydrogen-bond acceptors (Lipinski definition) is 11. The van der Waals surface area contributed by atoms with Crippen molar-refractivity contribution in [2.45, 2.75) is 75.6 Å². The smallest absolute Gasteiger partial charge is 0.338 e. The lowest BCUT2D eigenvalue weighted by Crippen LogP contribution is -2.45. The standard InChI is InChI=1S/C47H50O11/c1-49-38-25-23-36(24-26-38)27-51-31-39-42(53-29-34-17-9-4-10-18-34)44(46(50-2)56-39)58-47-43(54-30-35-19-11-5-12-20-35)41(52-28-33-15-7-3-8-16-33)40(57-47)32-55-45(48)37-21-13-6-14-22-37/h3-26,39-44,46-47H,27-32H2,1-2H3/t39-,40-,41-,42-,43+,44+,46+,47+/m1/s1. The van der Waals surface area contributed by atoms with Gasteiger partial charge in [-0.1, -0.05) is 121 Å². The largest absolute Gasteiger partial charge is 0.497 e. The Labute approximate surface area is 339 Å². The monoisotopic (exact) mass is 790 g/mol. The summed E-state index contributed by atoms with van der Waals surface area (Å²) in [6, 6.07) is 46.1. The first-order valence-corrected chi connectivity index (χ1v) is 19.5. The van der Waals surface area contributed by atoms with Crippen molar-refractivity contribution in [1.29, 1.82) is 0 Å². The number of hydrogen-bond donors (Lipinski definition) is 0. The summed E-state index contributed by atoms with van der Waals surface area (Å²) in [7, 11) is 3.20. The van der Waals surface area contributed by atoms with Gasteiger partial charge < -0.3 is 47.4 Å². The van der Waals surface area contributed by atoms with Crippen LogP contribution in [0.3, 0.4) is 0 Å². The molecule has 2 saturated heterocycles. The highest BCUT2D eigenvalue weighted by Gasteiger charge is 2.53. The Morgan fingerprint density at radius 3 is 1.50 bits per heavy atom. The van der Waals surface area contributed by atoms with E-state index in [1.165, 1.54) is 0 Å². The highest BCUT2D eigenvalue weighted by atomic mass is 16.8. The summed E-state index contributed by atoms with van der Waals surface area (Å²) in [5, 5.41) is 0. The van der Waals surface area contributed by atoms with Crippen molar-refractivity contribution < 1.29 is 52.2 Å². The average molecular weight is 791 g/mol. The molecule has 2 heterocycles. The molecule has 0 radical (unpaired) electrons. The molecule has 2 fully saturated rings. The summed E-state index contributed by atoms with van der Waals surface area (Å²) in [5.41, 5.74) is 4.31. The quantitative estimate of drug-likeness (QED) is 0.0741. The number of esters is 1. The predicted octanol–water partition coefficient (Wildman–Crippen LogP) is 7.31. The first-order valence-electron chi connectivity index (χ1n) is 19.5. The van der Waals surface area contributed by atoms with Crippen molar-refractivity contribution in [1.82, 2.24) is 0 Å². The van der Waals surface area contributed by atoms with Gasteiger partial charge in [0.1, 0.15) is 49.0 Å². The van der Waals surface area contributed by atoms with E-state index in [0.29, 0.717) is 18.8 Å². The van der Waals surface area contributed by atoms with Crippen LogP contribution in [0.25, 0.3) is 0 Å². The van der Waals surface area contributed by atoms with Gasteiger partial charge in [-0.2, -0.15) is 0 Å². The van der Waals surface area contributed by atoms with Crippen molar-refractivity contribution >= 4 is 5.97 Å². The third-order valence-electron chi connectivity index (χ3n) is 10.0. The summed E-state index contributed by atoms with van der Waals surface area (Å²) in [4.78, 5) is 13.1. The van der Waals surface area contributed by atoms with E-state index < -0.39 is 55.2 Å². The summed E-state index contributed by atoms with van der Waals surface area (Å²) in [6.45, 7) is 1.25. The Morgan fingerprint density at radius 2 is 0.966 bits per heavy atom. The van der Waals surface area contributed by atoms with Gasteiger partial charge in [-0.25, -0.2) is 4.79 Å². The summed E-state index contributed by atoms with van der Waals surface area (Å²) < 4.78 is 63.1. The van der Waals surface area contributed by atoms with E-state index in [9.17, 15) is 4.79 Å². The number of benzene rings is 5. The first-order chi connectivity index (χ1) is 28.6. The molecule has 0 aromatic heterocycles. The fourth-order valence-corrected chi connectivity index (χ4v) is 6.96. The molecule has 0 unspecified atom stereocenters. The lowest BCUT2D eigenvalue weighted by molar-refractivity contribution is -0.250. The summed E-state index contributed by atoms with van der Waals surface area (Å²) in [5.74, 6) is 0.289. The summed E-state index contributed by atoms with van der Waals surface area (Å²) in [6.07, 6.45) is -6.04.